The second-order valence-electron chi connectivity index (χ2n) is 3.13. The fourth-order valence-corrected chi connectivity index (χ4v) is 1.38. The Balaban J connectivity index is 2.89. The monoisotopic (exact) mass is 289 g/mol. The molecule has 0 bridgehead atoms. The zero-order valence-corrected chi connectivity index (χ0v) is 9.92. The minimum atomic E-state index is -1.18. The number of carbonyl (C=O) groups excluding carboxylic acids is 1. The maximum Gasteiger partial charge on any atom is 0.325 e. The lowest BCUT2D eigenvalue weighted by Gasteiger charge is -2.10. The molecule has 0 aliphatic carbocycles. The highest BCUT2D eigenvalue weighted by Crippen LogP contribution is 2.18. The summed E-state index contributed by atoms with van der Waals surface area (Å²) in [4.78, 5) is 22.0. The Morgan fingerprint density at radius 1 is 1.50 bits per heavy atom. The third-order valence-corrected chi connectivity index (χ3v) is 2.53. The van der Waals surface area contributed by atoms with Crippen LogP contribution in [0.25, 0.3) is 0 Å². The summed E-state index contributed by atoms with van der Waals surface area (Å²) >= 11 is 2.94. The smallest absolute Gasteiger partial charge is 0.325 e. The van der Waals surface area contributed by atoms with Crippen LogP contribution in [0, 0.1) is 5.82 Å². The Morgan fingerprint density at radius 3 is 2.69 bits per heavy atom. The minimum Gasteiger partial charge on any atom is -0.480 e. The van der Waals surface area contributed by atoms with Gasteiger partial charge in [0.25, 0.3) is 5.91 Å². The first-order chi connectivity index (χ1) is 7.43. The molecule has 0 heterocycles. The van der Waals surface area contributed by atoms with E-state index in [9.17, 15) is 14.0 Å². The summed E-state index contributed by atoms with van der Waals surface area (Å²) in [5.41, 5.74) is -0.192. The largest absolute Gasteiger partial charge is 0.480 e. The first-order valence-corrected chi connectivity index (χ1v) is 5.20. The molecule has 0 unspecified atom stereocenters. The van der Waals surface area contributed by atoms with Crippen molar-refractivity contribution in [2.45, 2.75) is 13.0 Å². The zero-order chi connectivity index (χ0) is 12.3. The highest BCUT2D eigenvalue weighted by atomic mass is 79.9. The van der Waals surface area contributed by atoms with E-state index >= 15 is 0 Å². The predicted molar refractivity (Wildman–Crippen MR) is 58.7 cm³/mol. The molecule has 0 saturated carbocycles. The van der Waals surface area contributed by atoms with Crippen molar-refractivity contribution in [2.24, 2.45) is 0 Å². The van der Waals surface area contributed by atoms with Crippen molar-refractivity contribution < 1.29 is 19.1 Å². The number of benzene rings is 1. The van der Waals surface area contributed by atoms with Gasteiger partial charge in [-0.25, -0.2) is 4.39 Å². The maximum atomic E-state index is 13.4. The summed E-state index contributed by atoms with van der Waals surface area (Å²) in [5, 5.41) is 10.7. The van der Waals surface area contributed by atoms with Crippen LogP contribution in [0.2, 0.25) is 0 Å². The lowest BCUT2D eigenvalue weighted by Crippen LogP contribution is -2.38. The van der Waals surface area contributed by atoms with Gasteiger partial charge in [0.15, 0.2) is 0 Å². The number of carbonyl (C=O) groups is 2. The van der Waals surface area contributed by atoms with E-state index in [0.29, 0.717) is 0 Å². The SMILES string of the molecule is C[C@H](NC(=O)c1cccc(Br)c1F)C(=O)O. The number of nitrogens with one attached hydrogen (secondary N) is 1. The number of carboxylic acid groups (broad SMARTS) is 1. The van der Waals surface area contributed by atoms with Crippen molar-refractivity contribution in [3.8, 4) is 0 Å². The molecule has 1 amide bonds. The van der Waals surface area contributed by atoms with Gasteiger partial charge >= 0.3 is 5.97 Å². The molecule has 2 N–H and O–H groups in total. The number of aliphatic carboxylic acids is 1. The van der Waals surface area contributed by atoms with Gasteiger partial charge in [-0.15, -0.1) is 0 Å². The molecule has 0 radical (unpaired) electrons. The molecule has 0 aliphatic heterocycles. The second kappa shape index (κ2) is 5.07. The molecule has 0 spiro atoms. The summed E-state index contributed by atoms with van der Waals surface area (Å²) in [6.07, 6.45) is 0. The van der Waals surface area contributed by atoms with Gasteiger partial charge in [-0.2, -0.15) is 0 Å². The van der Waals surface area contributed by atoms with Crippen molar-refractivity contribution >= 4 is 27.8 Å². The molecule has 1 aromatic carbocycles. The first-order valence-electron chi connectivity index (χ1n) is 4.41. The fourth-order valence-electron chi connectivity index (χ4n) is 1.02. The van der Waals surface area contributed by atoms with E-state index in [-0.39, 0.29) is 10.0 Å². The molecular formula is C10H9BrFNO3. The summed E-state index contributed by atoms with van der Waals surface area (Å²) in [6, 6.07) is 3.16. The summed E-state index contributed by atoms with van der Waals surface area (Å²) in [6.45, 7) is 1.30. The molecule has 86 valence electrons. The number of hydrogen-bond acceptors (Lipinski definition) is 2. The Morgan fingerprint density at radius 2 is 2.12 bits per heavy atom. The van der Waals surface area contributed by atoms with Crippen molar-refractivity contribution in [3.63, 3.8) is 0 Å². The van der Waals surface area contributed by atoms with Crippen molar-refractivity contribution in [3.05, 3.63) is 34.1 Å². The van der Waals surface area contributed by atoms with Crippen LogP contribution >= 0.6 is 15.9 Å². The van der Waals surface area contributed by atoms with Gasteiger partial charge in [-0.05, 0) is 35.0 Å². The number of halogens is 2. The summed E-state index contributed by atoms with van der Waals surface area (Å²) in [7, 11) is 0. The van der Waals surface area contributed by atoms with Crippen LogP contribution in [0.3, 0.4) is 0 Å². The van der Waals surface area contributed by atoms with E-state index < -0.39 is 23.7 Å². The Kier molecular flexibility index (Phi) is 4.00. The molecule has 16 heavy (non-hydrogen) atoms. The van der Waals surface area contributed by atoms with Crippen molar-refractivity contribution in [1.29, 1.82) is 0 Å². The van der Waals surface area contributed by atoms with Gasteiger partial charge in [0.05, 0.1) is 10.0 Å². The molecule has 0 aliphatic rings. The van der Waals surface area contributed by atoms with Crippen LogP contribution in [0.1, 0.15) is 17.3 Å². The van der Waals surface area contributed by atoms with Crippen LogP contribution in [-0.2, 0) is 4.79 Å². The van der Waals surface area contributed by atoms with Gasteiger partial charge < -0.3 is 10.4 Å². The lowest BCUT2D eigenvalue weighted by atomic mass is 10.2. The van der Waals surface area contributed by atoms with Gasteiger partial charge in [-0.1, -0.05) is 6.07 Å². The number of amides is 1. The molecular weight excluding hydrogens is 281 g/mol. The van der Waals surface area contributed by atoms with E-state index in [4.69, 9.17) is 5.11 Å². The Hall–Kier alpha value is -1.43. The molecule has 4 nitrogen and oxygen atoms in total. The quantitative estimate of drug-likeness (QED) is 0.892. The van der Waals surface area contributed by atoms with E-state index in [1.54, 1.807) is 0 Å². The Labute approximate surface area is 99.6 Å². The van der Waals surface area contributed by atoms with Gasteiger partial charge in [0.1, 0.15) is 11.9 Å². The highest BCUT2D eigenvalue weighted by molar-refractivity contribution is 9.10. The van der Waals surface area contributed by atoms with Crippen LogP contribution in [0.15, 0.2) is 22.7 Å². The third-order valence-electron chi connectivity index (χ3n) is 1.91. The zero-order valence-electron chi connectivity index (χ0n) is 8.33. The van der Waals surface area contributed by atoms with Gasteiger partial charge in [0, 0.05) is 0 Å². The van der Waals surface area contributed by atoms with Crippen molar-refractivity contribution in [1.82, 2.24) is 5.32 Å². The van der Waals surface area contributed by atoms with Crippen LogP contribution in [0.5, 0.6) is 0 Å². The summed E-state index contributed by atoms with van der Waals surface area (Å²) < 4.78 is 13.6. The standard InChI is InChI=1S/C10H9BrFNO3/c1-5(10(15)16)13-9(14)6-3-2-4-7(11)8(6)12/h2-5H,1H3,(H,13,14)(H,15,16)/t5-/m0/s1. The van der Waals surface area contributed by atoms with Gasteiger partial charge in [-0.3, -0.25) is 9.59 Å². The normalized spacial score (nSPS) is 11.9. The van der Waals surface area contributed by atoms with E-state index in [1.807, 2.05) is 0 Å². The molecule has 0 aromatic heterocycles. The van der Waals surface area contributed by atoms with Crippen molar-refractivity contribution in [2.75, 3.05) is 0 Å². The van der Waals surface area contributed by atoms with E-state index in [2.05, 4.69) is 21.2 Å². The van der Waals surface area contributed by atoms with Crippen LogP contribution < -0.4 is 5.32 Å². The lowest BCUT2D eigenvalue weighted by molar-refractivity contribution is -0.138. The average Bonchev–Trinajstić information content (AvgIpc) is 2.21. The van der Waals surface area contributed by atoms with Crippen LogP contribution in [-0.4, -0.2) is 23.0 Å². The first kappa shape index (κ1) is 12.6. The molecule has 1 rings (SSSR count). The number of hydrogen-bond donors (Lipinski definition) is 2. The average molecular weight is 290 g/mol. The number of carboxylic acids is 1. The van der Waals surface area contributed by atoms with Gasteiger partial charge in [0.2, 0.25) is 0 Å². The van der Waals surface area contributed by atoms with E-state index in [0.717, 1.165) is 0 Å². The molecule has 0 fully saturated rings. The summed E-state index contributed by atoms with van der Waals surface area (Å²) in [5.74, 6) is -2.64. The maximum absolute atomic E-state index is 13.4. The Bertz CT molecular complexity index is 436. The topological polar surface area (TPSA) is 66.4 Å². The predicted octanol–water partition coefficient (Wildman–Crippen LogP) is 1.79. The van der Waals surface area contributed by atoms with E-state index in [1.165, 1.54) is 25.1 Å². The molecule has 6 heteroatoms. The molecule has 0 saturated heterocycles. The second-order valence-corrected chi connectivity index (χ2v) is 3.99. The number of rotatable bonds is 3. The highest BCUT2D eigenvalue weighted by Gasteiger charge is 2.18. The van der Waals surface area contributed by atoms with Crippen LogP contribution in [0.4, 0.5) is 4.39 Å². The fraction of sp³-hybridized carbons (Fsp3) is 0.200. The molecule has 1 atom stereocenters. The third kappa shape index (κ3) is 2.79. The molecule has 1 aromatic rings. The minimum absolute atomic E-state index is 0.156.